The van der Waals surface area contributed by atoms with Gasteiger partial charge in [-0.05, 0) is 0 Å². The molecule has 0 aliphatic heterocycles. The van der Waals surface area contributed by atoms with Crippen LogP contribution >= 0.6 is 0 Å². The number of H-pyrrole nitrogens is 1. The van der Waals surface area contributed by atoms with E-state index < -0.39 is 12.0 Å². The molecule has 68 valence electrons. The van der Waals surface area contributed by atoms with Gasteiger partial charge in [0.1, 0.15) is 6.04 Å². The predicted molar refractivity (Wildman–Crippen MR) is 46.4 cm³/mol. The first-order valence-electron chi connectivity index (χ1n) is 3.16. The van der Waals surface area contributed by atoms with Crippen molar-refractivity contribution >= 4 is 23.0 Å². The number of hydrogen-bond donors (Lipinski definition) is 3. The minimum atomic E-state index is -1.00. The molecular formula is C6H11N3O2Se. The Morgan fingerprint density at radius 1 is 1.83 bits per heavy atom. The van der Waals surface area contributed by atoms with Crippen LogP contribution in [0.25, 0.3) is 0 Å². The number of aromatic nitrogens is 2. The van der Waals surface area contributed by atoms with Gasteiger partial charge in [-0.25, -0.2) is 4.98 Å². The number of rotatable bonds is 3. The number of carboxylic acid groups (broad SMARTS) is 1. The minimum absolute atomic E-state index is 0. The summed E-state index contributed by atoms with van der Waals surface area (Å²) in [4.78, 5) is 16.8. The van der Waals surface area contributed by atoms with Crippen LogP contribution in [0.5, 0.6) is 0 Å². The van der Waals surface area contributed by atoms with Crippen molar-refractivity contribution < 1.29 is 9.90 Å². The first kappa shape index (κ1) is 11.2. The molecule has 1 rings (SSSR count). The molecule has 1 heterocycles. The van der Waals surface area contributed by atoms with E-state index in [2.05, 4.69) is 9.97 Å². The molecule has 0 saturated heterocycles. The fraction of sp³-hybridized carbons (Fsp3) is 0.333. The monoisotopic (exact) mass is 237 g/mol. The van der Waals surface area contributed by atoms with Crippen LogP contribution in [0, 0.1) is 0 Å². The molecule has 4 N–H and O–H groups in total. The summed E-state index contributed by atoms with van der Waals surface area (Å²) in [5.41, 5.74) is 6.00. The summed E-state index contributed by atoms with van der Waals surface area (Å²) >= 11 is 0. The SMILES string of the molecule is N[C@@H](Cc1cnc[nH]1)C(=O)O.[SeH2]. The summed E-state index contributed by atoms with van der Waals surface area (Å²) in [6.45, 7) is 0. The maximum atomic E-state index is 10.3. The molecule has 0 unspecified atom stereocenters. The summed E-state index contributed by atoms with van der Waals surface area (Å²) in [5.74, 6) is -1.00. The summed E-state index contributed by atoms with van der Waals surface area (Å²) in [5, 5.41) is 8.42. The zero-order valence-corrected chi connectivity index (χ0v) is 8.42. The molecule has 1 aromatic rings. The Labute approximate surface area is 79.8 Å². The molecule has 0 fully saturated rings. The van der Waals surface area contributed by atoms with Crippen molar-refractivity contribution in [3.8, 4) is 0 Å². The second-order valence-electron chi connectivity index (χ2n) is 2.23. The van der Waals surface area contributed by atoms with Crippen LogP contribution in [0.2, 0.25) is 0 Å². The number of hydrogen-bond acceptors (Lipinski definition) is 3. The summed E-state index contributed by atoms with van der Waals surface area (Å²) < 4.78 is 0. The third-order valence-corrected chi connectivity index (χ3v) is 1.31. The fourth-order valence-electron chi connectivity index (χ4n) is 0.721. The van der Waals surface area contributed by atoms with Crippen LogP contribution in [0.3, 0.4) is 0 Å². The van der Waals surface area contributed by atoms with Crippen LogP contribution in [0.15, 0.2) is 12.5 Å². The number of carboxylic acids is 1. The molecule has 0 aliphatic carbocycles. The van der Waals surface area contributed by atoms with E-state index >= 15 is 0 Å². The van der Waals surface area contributed by atoms with E-state index in [1.165, 1.54) is 6.33 Å². The van der Waals surface area contributed by atoms with Gasteiger partial charge in [0, 0.05) is 18.3 Å². The van der Waals surface area contributed by atoms with Gasteiger partial charge in [-0.15, -0.1) is 0 Å². The van der Waals surface area contributed by atoms with Crippen molar-refractivity contribution in [1.29, 1.82) is 0 Å². The zero-order chi connectivity index (χ0) is 8.27. The molecule has 6 heteroatoms. The Morgan fingerprint density at radius 3 is 2.92 bits per heavy atom. The van der Waals surface area contributed by atoms with E-state index in [-0.39, 0.29) is 23.5 Å². The molecule has 1 aromatic heterocycles. The van der Waals surface area contributed by atoms with Gasteiger partial charge in [-0.3, -0.25) is 4.79 Å². The number of aromatic amines is 1. The summed E-state index contributed by atoms with van der Waals surface area (Å²) in [7, 11) is 0. The number of nitrogens with one attached hydrogen (secondary N) is 1. The van der Waals surface area contributed by atoms with Crippen LogP contribution in [-0.2, 0) is 11.2 Å². The third-order valence-electron chi connectivity index (χ3n) is 1.31. The van der Waals surface area contributed by atoms with Crippen molar-refractivity contribution in [3.63, 3.8) is 0 Å². The quantitative estimate of drug-likeness (QED) is 0.554. The van der Waals surface area contributed by atoms with Crippen molar-refractivity contribution in [2.75, 3.05) is 0 Å². The average molecular weight is 236 g/mol. The Hall–Kier alpha value is -0.841. The fourth-order valence-corrected chi connectivity index (χ4v) is 0.721. The van der Waals surface area contributed by atoms with Crippen LogP contribution in [0.4, 0.5) is 0 Å². The molecule has 5 nitrogen and oxygen atoms in total. The van der Waals surface area contributed by atoms with Gasteiger partial charge >= 0.3 is 23.0 Å². The van der Waals surface area contributed by atoms with E-state index in [0.29, 0.717) is 0 Å². The number of aliphatic carboxylic acids is 1. The maximum absolute atomic E-state index is 10.3. The van der Waals surface area contributed by atoms with Crippen LogP contribution in [0.1, 0.15) is 5.69 Å². The second-order valence-corrected chi connectivity index (χ2v) is 2.23. The van der Waals surface area contributed by atoms with Gasteiger partial charge in [0.05, 0.1) is 6.33 Å². The molecule has 0 radical (unpaired) electrons. The van der Waals surface area contributed by atoms with Gasteiger partial charge in [0.15, 0.2) is 0 Å². The Kier molecular flexibility index (Phi) is 4.58. The molecule has 0 spiro atoms. The molecule has 0 saturated carbocycles. The Morgan fingerprint density at radius 2 is 2.50 bits per heavy atom. The van der Waals surface area contributed by atoms with Gasteiger partial charge < -0.3 is 15.8 Å². The standard InChI is InChI=1S/C6H9N3O2.H2Se/c7-5(6(10)11)1-4-2-8-3-9-4;/h2-3,5H,1,7H2,(H,8,9)(H,10,11);1H2/t5-;/m0./s1. The van der Waals surface area contributed by atoms with E-state index in [4.69, 9.17) is 10.8 Å². The van der Waals surface area contributed by atoms with Gasteiger partial charge in [-0.2, -0.15) is 0 Å². The topological polar surface area (TPSA) is 92.0 Å². The first-order valence-corrected chi connectivity index (χ1v) is 3.16. The number of nitrogens with two attached hydrogens (primary N) is 1. The normalized spacial score (nSPS) is 11.8. The Bertz CT molecular complexity index is 237. The average Bonchev–Trinajstić information content (AvgIpc) is 2.39. The molecule has 1 atom stereocenters. The molecule has 0 bridgehead atoms. The summed E-state index contributed by atoms with van der Waals surface area (Å²) in [6, 6.07) is -0.851. The van der Waals surface area contributed by atoms with Gasteiger partial charge in [-0.1, -0.05) is 0 Å². The first-order chi connectivity index (χ1) is 5.20. The predicted octanol–water partition coefficient (Wildman–Crippen LogP) is -1.55. The second kappa shape index (κ2) is 4.92. The third kappa shape index (κ3) is 3.04. The van der Waals surface area contributed by atoms with E-state index in [1.54, 1.807) is 6.20 Å². The van der Waals surface area contributed by atoms with Crippen LogP contribution in [-0.4, -0.2) is 44.2 Å². The van der Waals surface area contributed by atoms with Crippen molar-refractivity contribution in [2.24, 2.45) is 5.73 Å². The zero-order valence-electron chi connectivity index (χ0n) is 6.32. The molecule has 0 aliphatic rings. The number of nitrogens with zero attached hydrogens (tertiary/aromatic N) is 1. The van der Waals surface area contributed by atoms with Crippen molar-refractivity contribution in [3.05, 3.63) is 18.2 Å². The number of carbonyl (C=O) groups is 1. The van der Waals surface area contributed by atoms with Crippen molar-refractivity contribution in [2.45, 2.75) is 12.5 Å². The van der Waals surface area contributed by atoms with Crippen molar-refractivity contribution in [1.82, 2.24) is 9.97 Å². The summed E-state index contributed by atoms with van der Waals surface area (Å²) in [6.07, 6.45) is 3.34. The Balaban J connectivity index is 0.00000121. The van der Waals surface area contributed by atoms with Gasteiger partial charge in [0.25, 0.3) is 0 Å². The number of imidazole rings is 1. The molecular weight excluding hydrogens is 225 g/mol. The van der Waals surface area contributed by atoms with E-state index in [0.717, 1.165) is 5.69 Å². The molecule has 12 heavy (non-hydrogen) atoms. The van der Waals surface area contributed by atoms with Gasteiger partial charge in [0.2, 0.25) is 0 Å². The molecule has 0 amide bonds. The van der Waals surface area contributed by atoms with E-state index in [1.807, 2.05) is 0 Å². The van der Waals surface area contributed by atoms with Crippen LogP contribution < -0.4 is 5.73 Å². The molecule has 0 aromatic carbocycles. The van der Waals surface area contributed by atoms with E-state index in [9.17, 15) is 4.79 Å².